The van der Waals surface area contributed by atoms with E-state index in [1.165, 1.54) is 6.92 Å². The van der Waals surface area contributed by atoms with Crippen LogP contribution in [-0.2, 0) is 14.3 Å². The van der Waals surface area contributed by atoms with E-state index in [1.807, 2.05) is 0 Å². The Morgan fingerprint density at radius 2 is 1.85 bits per heavy atom. The summed E-state index contributed by atoms with van der Waals surface area (Å²) >= 11 is 0. The van der Waals surface area contributed by atoms with Crippen molar-refractivity contribution in [2.75, 3.05) is 19.7 Å². The van der Waals surface area contributed by atoms with E-state index in [2.05, 4.69) is 15.4 Å². The molecule has 1 aliphatic rings. The number of amides is 1. The average Bonchev–Trinajstić information content (AvgIpc) is 2.20. The first-order valence-electron chi connectivity index (χ1n) is 6.31. The minimum absolute atomic E-state index is 0.162. The molecule has 0 atom stereocenters. The number of carbonyl (C=O) groups is 2. The fourth-order valence-electron chi connectivity index (χ4n) is 1.68. The Morgan fingerprint density at radius 3 is 2.20 bits per heavy atom. The number of esters is 1. The number of hydrogen-bond acceptors (Lipinski definition) is 5. The van der Waals surface area contributed by atoms with Crippen LogP contribution in [0.25, 0.3) is 0 Å². The summed E-state index contributed by atoms with van der Waals surface area (Å²) in [6, 6.07) is 0. The Kier molecular flexibility index (Phi) is 4.58. The number of carbonyl (C=O) groups excluding carboxylic acids is 2. The molecule has 20 heavy (non-hydrogen) atoms. The third-order valence-corrected chi connectivity index (χ3v) is 2.73. The number of ether oxygens (including phenoxy) is 2. The third-order valence-electron chi connectivity index (χ3n) is 2.73. The van der Waals surface area contributed by atoms with Crippen LogP contribution in [-0.4, -0.2) is 48.8 Å². The van der Waals surface area contributed by atoms with E-state index in [4.69, 9.17) is 4.74 Å². The Bertz CT molecular complexity index is 389. The normalized spacial score (nSPS) is 17.9. The van der Waals surface area contributed by atoms with Crippen LogP contribution < -0.4 is 10.6 Å². The first kappa shape index (κ1) is 16.6. The lowest BCUT2D eigenvalue weighted by atomic mass is 9.85. The number of rotatable bonds is 4. The van der Waals surface area contributed by atoms with Gasteiger partial charge in [0.1, 0.15) is 11.1 Å². The molecule has 1 amide bonds. The Labute approximate surface area is 116 Å². The van der Waals surface area contributed by atoms with Crippen molar-refractivity contribution in [2.45, 2.75) is 44.8 Å². The lowest BCUT2D eigenvalue weighted by Gasteiger charge is -2.46. The van der Waals surface area contributed by atoms with Crippen molar-refractivity contribution < 1.29 is 27.8 Å². The van der Waals surface area contributed by atoms with Gasteiger partial charge in [0.05, 0.1) is 6.61 Å². The van der Waals surface area contributed by atoms with E-state index in [9.17, 15) is 18.4 Å². The minimum atomic E-state index is -3.83. The molecule has 0 saturated carbocycles. The fraction of sp³-hybridized carbons (Fsp3) is 0.833. The number of nitrogens with one attached hydrogen (secondary N) is 2. The fourth-order valence-corrected chi connectivity index (χ4v) is 1.68. The molecule has 6 nitrogen and oxygen atoms in total. The second kappa shape index (κ2) is 5.51. The Balaban J connectivity index is 2.82. The maximum atomic E-state index is 14.1. The summed E-state index contributed by atoms with van der Waals surface area (Å²) in [5, 5.41) is 4.71. The molecule has 0 aromatic heterocycles. The van der Waals surface area contributed by atoms with Crippen molar-refractivity contribution in [2.24, 2.45) is 0 Å². The van der Waals surface area contributed by atoms with Crippen LogP contribution in [0.15, 0.2) is 0 Å². The van der Waals surface area contributed by atoms with Crippen molar-refractivity contribution in [3.05, 3.63) is 0 Å². The zero-order valence-corrected chi connectivity index (χ0v) is 12.0. The summed E-state index contributed by atoms with van der Waals surface area (Å²) in [5.41, 5.74) is -2.83. The second-order valence-electron chi connectivity index (χ2n) is 5.61. The second-order valence-corrected chi connectivity index (χ2v) is 5.61. The van der Waals surface area contributed by atoms with Crippen LogP contribution in [0.4, 0.5) is 13.6 Å². The van der Waals surface area contributed by atoms with Gasteiger partial charge in [0.15, 0.2) is 0 Å². The molecule has 1 saturated heterocycles. The molecule has 0 aromatic rings. The summed E-state index contributed by atoms with van der Waals surface area (Å²) in [6.45, 7) is 5.63. The van der Waals surface area contributed by atoms with Crippen molar-refractivity contribution >= 4 is 12.1 Å². The molecule has 0 radical (unpaired) electrons. The standard InChI is InChI=1S/C12H20F2N2O4/c1-5-19-8(17)12(13,14)11(6-15-7-11)16-9(18)20-10(2,3)4/h15H,5-7H2,1-4H3,(H,16,18). The van der Waals surface area contributed by atoms with Gasteiger partial charge >= 0.3 is 18.0 Å². The molecular weight excluding hydrogens is 274 g/mol. The van der Waals surface area contributed by atoms with E-state index in [0.717, 1.165) is 0 Å². The zero-order chi connectivity index (χ0) is 15.6. The molecule has 0 bridgehead atoms. The molecule has 1 aliphatic heterocycles. The number of alkyl carbamates (subject to hydrolysis) is 1. The SMILES string of the molecule is CCOC(=O)C(F)(F)C1(NC(=O)OC(C)(C)C)CNC1. The molecule has 0 aliphatic carbocycles. The lowest BCUT2D eigenvalue weighted by Crippen LogP contribution is -2.79. The number of hydrogen-bond donors (Lipinski definition) is 2. The summed E-state index contributed by atoms with van der Waals surface area (Å²) < 4.78 is 37.5. The van der Waals surface area contributed by atoms with Crippen LogP contribution in [0.2, 0.25) is 0 Å². The smallest absolute Gasteiger partial charge is 0.408 e. The van der Waals surface area contributed by atoms with Crippen molar-refractivity contribution in [1.29, 1.82) is 0 Å². The van der Waals surface area contributed by atoms with Crippen LogP contribution in [0.3, 0.4) is 0 Å². The summed E-state index contributed by atoms with van der Waals surface area (Å²) in [4.78, 5) is 23.0. The van der Waals surface area contributed by atoms with E-state index < -0.39 is 29.1 Å². The third kappa shape index (κ3) is 3.36. The molecule has 116 valence electrons. The molecule has 2 N–H and O–H groups in total. The molecule has 0 aromatic carbocycles. The van der Waals surface area contributed by atoms with Gasteiger partial charge in [-0.1, -0.05) is 0 Å². The first-order valence-corrected chi connectivity index (χ1v) is 6.31. The zero-order valence-electron chi connectivity index (χ0n) is 12.0. The lowest BCUT2D eigenvalue weighted by molar-refractivity contribution is -0.189. The van der Waals surface area contributed by atoms with Gasteiger partial charge in [-0.15, -0.1) is 0 Å². The van der Waals surface area contributed by atoms with Crippen molar-refractivity contribution in [3.8, 4) is 0 Å². The molecule has 1 heterocycles. The number of alkyl halides is 2. The van der Waals surface area contributed by atoms with Gasteiger partial charge in [-0.05, 0) is 27.7 Å². The largest absolute Gasteiger partial charge is 0.461 e. The van der Waals surface area contributed by atoms with E-state index in [-0.39, 0.29) is 19.7 Å². The molecule has 8 heteroatoms. The van der Waals surface area contributed by atoms with Gasteiger partial charge in [0.2, 0.25) is 0 Å². The van der Waals surface area contributed by atoms with Gasteiger partial charge in [0, 0.05) is 13.1 Å². The van der Waals surface area contributed by atoms with E-state index in [1.54, 1.807) is 20.8 Å². The van der Waals surface area contributed by atoms with Crippen molar-refractivity contribution in [3.63, 3.8) is 0 Å². The Hall–Kier alpha value is -1.44. The maximum Gasteiger partial charge on any atom is 0.408 e. The topological polar surface area (TPSA) is 76.7 Å². The molecule has 1 rings (SSSR count). The van der Waals surface area contributed by atoms with Gasteiger partial charge in [0.25, 0.3) is 0 Å². The number of halogens is 2. The summed E-state index contributed by atoms with van der Waals surface area (Å²) in [7, 11) is 0. The highest BCUT2D eigenvalue weighted by Crippen LogP contribution is 2.33. The molecule has 0 unspecified atom stereocenters. The van der Waals surface area contributed by atoms with E-state index >= 15 is 0 Å². The van der Waals surface area contributed by atoms with Gasteiger partial charge in [-0.25, -0.2) is 9.59 Å². The quantitative estimate of drug-likeness (QED) is 0.758. The van der Waals surface area contributed by atoms with E-state index in [0.29, 0.717) is 0 Å². The summed E-state index contributed by atoms with van der Waals surface area (Å²) in [5.74, 6) is -5.48. The predicted octanol–water partition coefficient (Wildman–Crippen LogP) is 1.05. The summed E-state index contributed by atoms with van der Waals surface area (Å²) in [6.07, 6.45) is -0.997. The highest BCUT2D eigenvalue weighted by Gasteiger charge is 2.64. The highest BCUT2D eigenvalue weighted by molar-refractivity contribution is 5.82. The molecule has 0 spiro atoms. The van der Waals surface area contributed by atoms with Crippen LogP contribution in [0, 0.1) is 0 Å². The average molecular weight is 294 g/mol. The van der Waals surface area contributed by atoms with Crippen molar-refractivity contribution in [1.82, 2.24) is 10.6 Å². The maximum absolute atomic E-state index is 14.1. The highest BCUT2D eigenvalue weighted by atomic mass is 19.3. The van der Waals surface area contributed by atoms with Gasteiger partial charge in [-0.3, -0.25) is 0 Å². The molecular formula is C12H20F2N2O4. The van der Waals surface area contributed by atoms with Gasteiger partial charge in [-0.2, -0.15) is 8.78 Å². The van der Waals surface area contributed by atoms with Crippen LogP contribution in [0.5, 0.6) is 0 Å². The monoisotopic (exact) mass is 294 g/mol. The minimum Gasteiger partial charge on any atom is -0.461 e. The predicted molar refractivity (Wildman–Crippen MR) is 66.6 cm³/mol. The van der Waals surface area contributed by atoms with Gasteiger partial charge < -0.3 is 20.1 Å². The van der Waals surface area contributed by atoms with Crippen LogP contribution >= 0.6 is 0 Å². The van der Waals surface area contributed by atoms with Crippen LogP contribution in [0.1, 0.15) is 27.7 Å². The first-order chi connectivity index (χ1) is 9.04. The Morgan fingerprint density at radius 1 is 1.30 bits per heavy atom. The molecule has 1 fully saturated rings.